The lowest BCUT2D eigenvalue weighted by molar-refractivity contribution is 0.490. The van der Waals surface area contributed by atoms with Crippen LogP contribution in [0.1, 0.15) is 11.5 Å². The van der Waals surface area contributed by atoms with Crippen LogP contribution in [0.25, 0.3) is 5.69 Å². The Morgan fingerprint density at radius 3 is 2.89 bits per heavy atom. The van der Waals surface area contributed by atoms with E-state index in [4.69, 9.17) is 4.42 Å². The van der Waals surface area contributed by atoms with Crippen molar-refractivity contribution in [1.29, 1.82) is 0 Å². The molecule has 2 aromatic heterocycles. The fourth-order valence-electron chi connectivity index (χ4n) is 1.95. The molecule has 4 heteroatoms. The first-order chi connectivity index (χ1) is 9.31. The number of aryl methyl sites for hydroxylation is 1. The van der Waals surface area contributed by atoms with Crippen LogP contribution in [0.5, 0.6) is 0 Å². The van der Waals surface area contributed by atoms with Crippen LogP contribution >= 0.6 is 0 Å². The topological polar surface area (TPSA) is 43.0 Å². The molecule has 0 radical (unpaired) electrons. The standard InChI is InChI=1S/C15H15N3O/c1-12-6-7-15(19-12)11-16-13-4-2-5-14(10-13)18-9-3-8-17-18/h2-10,16H,11H2,1H3. The van der Waals surface area contributed by atoms with Crippen LogP contribution in [0.4, 0.5) is 5.69 Å². The van der Waals surface area contributed by atoms with Gasteiger partial charge >= 0.3 is 0 Å². The van der Waals surface area contributed by atoms with Gasteiger partial charge in [0.1, 0.15) is 11.5 Å². The van der Waals surface area contributed by atoms with Crippen LogP contribution < -0.4 is 5.32 Å². The third-order valence-corrected chi connectivity index (χ3v) is 2.88. The smallest absolute Gasteiger partial charge is 0.123 e. The van der Waals surface area contributed by atoms with E-state index in [9.17, 15) is 0 Å². The number of furan rings is 1. The highest BCUT2D eigenvalue weighted by Crippen LogP contribution is 2.15. The summed E-state index contributed by atoms with van der Waals surface area (Å²) in [5.41, 5.74) is 2.08. The van der Waals surface area contributed by atoms with Gasteiger partial charge < -0.3 is 9.73 Å². The first-order valence-corrected chi connectivity index (χ1v) is 6.20. The Hall–Kier alpha value is -2.49. The van der Waals surface area contributed by atoms with Crippen LogP contribution in [0.2, 0.25) is 0 Å². The Balaban J connectivity index is 1.73. The van der Waals surface area contributed by atoms with Crippen LogP contribution in [-0.2, 0) is 6.54 Å². The molecule has 0 saturated carbocycles. The SMILES string of the molecule is Cc1ccc(CNc2cccc(-n3cccn3)c2)o1. The molecule has 0 aliphatic rings. The second-order valence-corrected chi connectivity index (χ2v) is 4.37. The molecule has 4 nitrogen and oxygen atoms in total. The van der Waals surface area contributed by atoms with Gasteiger partial charge in [-0.05, 0) is 43.3 Å². The monoisotopic (exact) mass is 253 g/mol. The maximum absolute atomic E-state index is 5.53. The minimum atomic E-state index is 0.677. The molecule has 2 heterocycles. The lowest BCUT2D eigenvalue weighted by Gasteiger charge is -2.07. The third-order valence-electron chi connectivity index (χ3n) is 2.88. The van der Waals surface area contributed by atoms with Gasteiger partial charge in [0.25, 0.3) is 0 Å². The largest absolute Gasteiger partial charge is 0.465 e. The van der Waals surface area contributed by atoms with Gasteiger partial charge in [0.05, 0.1) is 12.2 Å². The summed E-state index contributed by atoms with van der Waals surface area (Å²) in [6.45, 7) is 2.62. The molecule has 0 saturated heterocycles. The molecule has 19 heavy (non-hydrogen) atoms. The van der Waals surface area contributed by atoms with Gasteiger partial charge in [0, 0.05) is 18.1 Å². The zero-order valence-electron chi connectivity index (χ0n) is 10.7. The predicted octanol–water partition coefficient (Wildman–Crippen LogP) is 3.39. The van der Waals surface area contributed by atoms with E-state index < -0.39 is 0 Å². The number of rotatable bonds is 4. The number of hydrogen-bond donors (Lipinski definition) is 1. The number of hydrogen-bond acceptors (Lipinski definition) is 3. The van der Waals surface area contributed by atoms with E-state index in [1.807, 2.05) is 54.2 Å². The number of nitrogens with one attached hydrogen (secondary N) is 1. The van der Waals surface area contributed by atoms with Crippen molar-refractivity contribution in [3.8, 4) is 5.69 Å². The van der Waals surface area contributed by atoms with Gasteiger partial charge in [0.15, 0.2) is 0 Å². The molecule has 0 unspecified atom stereocenters. The normalized spacial score (nSPS) is 10.6. The molecule has 0 aliphatic heterocycles. The highest BCUT2D eigenvalue weighted by molar-refractivity contribution is 5.50. The minimum absolute atomic E-state index is 0.677. The first-order valence-electron chi connectivity index (χ1n) is 6.20. The van der Waals surface area contributed by atoms with Crippen LogP contribution in [0, 0.1) is 6.92 Å². The molecular formula is C15H15N3O. The summed E-state index contributed by atoms with van der Waals surface area (Å²) in [5, 5.41) is 7.56. The molecule has 1 aromatic carbocycles. The highest BCUT2D eigenvalue weighted by atomic mass is 16.3. The minimum Gasteiger partial charge on any atom is -0.465 e. The Morgan fingerprint density at radius 1 is 1.21 bits per heavy atom. The molecule has 3 aromatic rings. The quantitative estimate of drug-likeness (QED) is 0.775. The van der Waals surface area contributed by atoms with E-state index in [1.54, 1.807) is 6.20 Å². The van der Waals surface area contributed by atoms with Gasteiger partial charge in [-0.25, -0.2) is 4.68 Å². The van der Waals surface area contributed by atoms with Gasteiger partial charge in [-0.15, -0.1) is 0 Å². The third kappa shape index (κ3) is 2.68. The van der Waals surface area contributed by atoms with Crippen molar-refractivity contribution < 1.29 is 4.42 Å². The summed E-state index contributed by atoms with van der Waals surface area (Å²) in [5.74, 6) is 1.86. The van der Waals surface area contributed by atoms with Gasteiger partial charge in [-0.3, -0.25) is 0 Å². The maximum Gasteiger partial charge on any atom is 0.123 e. The summed E-state index contributed by atoms with van der Waals surface area (Å²) in [7, 11) is 0. The van der Waals surface area contributed by atoms with E-state index >= 15 is 0 Å². The zero-order valence-corrected chi connectivity index (χ0v) is 10.7. The molecule has 3 rings (SSSR count). The predicted molar refractivity (Wildman–Crippen MR) is 74.3 cm³/mol. The van der Waals surface area contributed by atoms with Crippen molar-refractivity contribution in [2.24, 2.45) is 0 Å². The highest BCUT2D eigenvalue weighted by Gasteiger charge is 2.00. The van der Waals surface area contributed by atoms with Gasteiger partial charge in [0.2, 0.25) is 0 Å². The van der Waals surface area contributed by atoms with Crippen LogP contribution in [0.3, 0.4) is 0 Å². The molecule has 0 atom stereocenters. The number of nitrogens with zero attached hydrogens (tertiary/aromatic N) is 2. The molecule has 0 spiro atoms. The lowest BCUT2D eigenvalue weighted by Crippen LogP contribution is -2.00. The Labute approximate surface area is 111 Å². The number of benzene rings is 1. The fourth-order valence-corrected chi connectivity index (χ4v) is 1.95. The van der Waals surface area contributed by atoms with E-state index in [2.05, 4.69) is 16.5 Å². The molecule has 0 amide bonds. The van der Waals surface area contributed by atoms with E-state index in [-0.39, 0.29) is 0 Å². The molecule has 1 N–H and O–H groups in total. The average molecular weight is 253 g/mol. The van der Waals surface area contributed by atoms with Gasteiger partial charge in [-0.2, -0.15) is 5.10 Å². The molecule has 96 valence electrons. The summed E-state index contributed by atoms with van der Waals surface area (Å²) in [4.78, 5) is 0. The number of anilines is 1. The second kappa shape index (κ2) is 5.02. The summed E-state index contributed by atoms with van der Waals surface area (Å²) in [6.07, 6.45) is 3.70. The van der Waals surface area contributed by atoms with E-state index in [0.717, 1.165) is 22.9 Å². The Kier molecular flexibility index (Phi) is 3.06. The van der Waals surface area contributed by atoms with Crippen LogP contribution in [-0.4, -0.2) is 9.78 Å². The Morgan fingerprint density at radius 2 is 2.16 bits per heavy atom. The number of aromatic nitrogens is 2. The molecule has 0 aliphatic carbocycles. The fraction of sp³-hybridized carbons (Fsp3) is 0.133. The van der Waals surface area contributed by atoms with Crippen molar-refractivity contribution in [1.82, 2.24) is 9.78 Å². The van der Waals surface area contributed by atoms with Crippen LogP contribution in [0.15, 0.2) is 59.3 Å². The van der Waals surface area contributed by atoms with E-state index in [0.29, 0.717) is 6.54 Å². The second-order valence-electron chi connectivity index (χ2n) is 4.37. The van der Waals surface area contributed by atoms with Crippen molar-refractivity contribution in [3.63, 3.8) is 0 Å². The van der Waals surface area contributed by atoms with Crippen molar-refractivity contribution in [2.45, 2.75) is 13.5 Å². The first kappa shape index (κ1) is 11.6. The maximum atomic E-state index is 5.53. The summed E-state index contributed by atoms with van der Waals surface area (Å²) in [6, 6.07) is 14.0. The van der Waals surface area contributed by atoms with Crippen molar-refractivity contribution >= 4 is 5.69 Å². The molecular weight excluding hydrogens is 238 g/mol. The average Bonchev–Trinajstić information content (AvgIpc) is 3.08. The summed E-state index contributed by atoms with van der Waals surface area (Å²) < 4.78 is 7.36. The molecule has 0 bridgehead atoms. The van der Waals surface area contributed by atoms with Crippen molar-refractivity contribution in [2.75, 3.05) is 5.32 Å². The summed E-state index contributed by atoms with van der Waals surface area (Å²) >= 11 is 0. The zero-order chi connectivity index (χ0) is 13.1. The lowest BCUT2D eigenvalue weighted by atomic mass is 10.2. The van der Waals surface area contributed by atoms with E-state index in [1.165, 1.54) is 0 Å². The van der Waals surface area contributed by atoms with Gasteiger partial charge in [-0.1, -0.05) is 6.07 Å². The Bertz CT molecular complexity index is 656. The van der Waals surface area contributed by atoms with Crippen molar-refractivity contribution in [3.05, 3.63) is 66.4 Å². The molecule has 0 fully saturated rings.